The molecule has 3 heterocycles. The minimum absolute atomic E-state index is 0.184. The van der Waals surface area contributed by atoms with Gasteiger partial charge < -0.3 is 19.5 Å². The molecular formula is C29H26N2O5S. The largest absolute Gasteiger partial charge is 0.459 e. The van der Waals surface area contributed by atoms with Gasteiger partial charge in [0.25, 0.3) is 5.91 Å². The van der Waals surface area contributed by atoms with Crippen LogP contribution >= 0.6 is 11.3 Å². The summed E-state index contributed by atoms with van der Waals surface area (Å²) < 4.78 is 16.5. The van der Waals surface area contributed by atoms with Gasteiger partial charge in [-0.15, -0.1) is 11.3 Å². The second-order valence-corrected chi connectivity index (χ2v) is 10.6. The quantitative estimate of drug-likeness (QED) is 0.311. The maximum Gasteiger partial charge on any atom is 0.341 e. The summed E-state index contributed by atoms with van der Waals surface area (Å²) in [6, 6.07) is 15.0. The number of aryl methyl sites for hydroxylation is 1. The molecule has 0 saturated heterocycles. The van der Waals surface area contributed by atoms with Crippen LogP contribution in [0.3, 0.4) is 0 Å². The van der Waals surface area contributed by atoms with Crippen LogP contribution in [-0.2, 0) is 17.6 Å². The molecule has 37 heavy (non-hydrogen) atoms. The number of para-hydroxylation sites is 1. The van der Waals surface area contributed by atoms with Gasteiger partial charge in [0.05, 0.1) is 28.4 Å². The Labute approximate surface area is 218 Å². The van der Waals surface area contributed by atoms with Crippen molar-refractivity contribution in [1.82, 2.24) is 4.98 Å². The zero-order valence-electron chi connectivity index (χ0n) is 20.6. The van der Waals surface area contributed by atoms with E-state index in [4.69, 9.17) is 19.2 Å². The molecule has 1 aliphatic carbocycles. The molecule has 2 aromatic carbocycles. The Balaban J connectivity index is 1.41. The number of pyridine rings is 1. The molecule has 1 amide bonds. The fourth-order valence-corrected chi connectivity index (χ4v) is 6.15. The molecule has 0 atom stereocenters. The number of hydrogen-bond acceptors (Lipinski definition) is 7. The number of nitrogens with zero attached hydrogens (tertiary/aromatic N) is 1. The first-order chi connectivity index (χ1) is 18.0. The molecule has 1 N–H and O–H groups in total. The fourth-order valence-electron chi connectivity index (χ4n) is 4.88. The van der Waals surface area contributed by atoms with E-state index in [0.29, 0.717) is 38.8 Å². The molecule has 4 aromatic rings. The number of carbonyl (C=O) groups excluding carboxylic acids is 2. The summed E-state index contributed by atoms with van der Waals surface area (Å²) in [6.07, 6.45) is 3.57. The highest BCUT2D eigenvalue weighted by Crippen LogP contribution is 2.40. The van der Waals surface area contributed by atoms with E-state index in [1.54, 1.807) is 6.07 Å². The summed E-state index contributed by atoms with van der Waals surface area (Å²) in [5, 5.41) is 4.34. The van der Waals surface area contributed by atoms with Crippen LogP contribution in [0.2, 0.25) is 0 Å². The first-order valence-corrected chi connectivity index (χ1v) is 13.3. The number of hydrogen-bond donors (Lipinski definition) is 1. The third kappa shape index (κ3) is 4.42. The molecule has 0 bridgehead atoms. The van der Waals surface area contributed by atoms with Crippen molar-refractivity contribution < 1.29 is 23.8 Å². The van der Waals surface area contributed by atoms with Crippen LogP contribution in [0.4, 0.5) is 5.00 Å². The number of aromatic nitrogens is 1. The maximum absolute atomic E-state index is 13.8. The molecular weight excluding hydrogens is 488 g/mol. The molecule has 0 fully saturated rings. The Morgan fingerprint density at radius 1 is 1.03 bits per heavy atom. The van der Waals surface area contributed by atoms with Crippen molar-refractivity contribution in [1.29, 1.82) is 0 Å². The van der Waals surface area contributed by atoms with E-state index in [0.717, 1.165) is 47.1 Å². The van der Waals surface area contributed by atoms with Gasteiger partial charge in [0.2, 0.25) is 6.79 Å². The van der Waals surface area contributed by atoms with Crippen LogP contribution < -0.4 is 14.8 Å². The lowest BCUT2D eigenvalue weighted by Gasteiger charge is -2.14. The number of rotatable bonds is 5. The van der Waals surface area contributed by atoms with Crippen molar-refractivity contribution in [3.8, 4) is 22.8 Å². The molecule has 8 heteroatoms. The van der Waals surface area contributed by atoms with Gasteiger partial charge in [-0.25, -0.2) is 9.78 Å². The van der Waals surface area contributed by atoms with E-state index in [-0.39, 0.29) is 24.8 Å². The second-order valence-electron chi connectivity index (χ2n) is 9.46. The molecule has 7 nitrogen and oxygen atoms in total. The summed E-state index contributed by atoms with van der Waals surface area (Å²) in [5.41, 5.74) is 4.15. The highest BCUT2D eigenvalue weighted by molar-refractivity contribution is 7.17. The third-order valence-corrected chi connectivity index (χ3v) is 7.78. The van der Waals surface area contributed by atoms with Gasteiger partial charge in [-0.3, -0.25) is 4.79 Å². The molecule has 0 spiro atoms. The van der Waals surface area contributed by atoms with E-state index in [9.17, 15) is 9.59 Å². The zero-order valence-corrected chi connectivity index (χ0v) is 21.4. The Morgan fingerprint density at radius 3 is 2.70 bits per heavy atom. The molecule has 0 saturated carbocycles. The number of esters is 1. The minimum atomic E-state index is -0.384. The van der Waals surface area contributed by atoms with E-state index in [1.165, 1.54) is 11.3 Å². The SMILES string of the molecule is CC(C)OC(=O)c1c(NC(=O)c2cc(-c3ccc4c(c3)OCO4)nc3ccccc23)sc2c1CCCC2. The number of anilines is 1. The second kappa shape index (κ2) is 9.52. The smallest absolute Gasteiger partial charge is 0.341 e. The predicted molar refractivity (Wildman–Crippen MR) is 143 cm³/mol. The van der Waals surface area contributed by atoms with Crippen molar-refractivity contribution in [2.24, 2.45) is 0 Å². The third-order valence-electron chi connectivity index (χ3n) is 6.57. The van der Waals surface area contributed by atoms with Crippen LogP contribution in [0.1, 0.15) is 57.8 Å². The van der Waals surface area contributed by atoms with Crippen molar-refractivity contribution in [3.05, 3.63) is 70.1 Å². The van der Waals surface area contributed by atoms with Gasteiger partial charge in [0, 0.05) is 15.8 Å². The van der Waals surface area contributed by atoms with Gasteiger partial charge in [-0.05, 0) is 75.4 Å². The molecule has 2 aliphatic rings. The van der Waals surface area contributed by atoms with Crippen LogP contribution in [0.15, 0.2) is 48.5 Å². The Hall–Kier alpha value is -3.91. The molecule has 0 radical (unpaired) electrons. The van der Waals surface area contributed by atoms with Crippen molar-refractivity contribution in [3.63, 3.8) is 0 Å². The van der Waals surface area contributed by atoms with E-state index < -0.39 is 0 Å². The highest BCUT2D eigenvalue weighted by Gasteiger charge is 2.28. The zero-order chi connectivity index (χ0) is 25.5. The monoisotopic (exact) mass is 514 g/mol. The highest BCUT2D eigenvalue weighted by atomic mass is 32.1. The number of thiophene rings is 1. The van der Waals surface area contributed by atoms with Crippen molar-refractivity contribution in [2.45, 2.75) is 45.6 Å². The van der Waals surface area contributed by atoms with E-state index in [1.807, 2.05) is 56.3 Å². The normalized spacial score (nSPS) is 14.0. The maximum atomic E-state index is 13.8. The number of fused-ring (bicyclic) bond motifs is 3. The van der Waals surface area contributed by atoms with Gasteiger partial charge in [-0.1, -0.05) is 18.2 Å². The van der Waals surface area contributed by atoms with E-state index in [2.05, 4.69) is 5.32 Å². The van der Waals surface area contributed by atoms with Gasteiger partial charge in [-0.2, -0.15) is 0 Å². The van der Waals surface area contributed by atoms with E-state index >= 15 is 0 Å². The average Bonchev–Trinajstić information content (AvgIpc) is 3.51. The topological polar surface area (TPSA) is 86.8 Å². The molecule has 1 aliphatic heterocycles. The van der Waals surface area contributed by atoms with Crippen molar-refractivity contribution in [2.75, 3.05) is 12.1 Å². The Morgan fingerprint density at radius 2 is 1.84 bits per heavy atom. The van der Waals surface area contributed by atoms with Gasteiger partial charge in [0.1, 0.15) is 5.00 Å². The molecule has 2 aromatic heterocycles. The average molecular weight is 515 g/mol. The summed E-state index contributed by atoms with van der Waals surface area (Å²) in [6.45, 7) is 3.84. The van der Waals surface area contributed by atoms with Crippen LogP contribution in [0.25, 0.3) is 22.2 Å². The number of ether oxygens (including phenoxy) is 3. The van der Waals surface area contributed by atoms with Crippen LogP contribution in [0, 0.1) is 0 Å². The summed E-state index contributed by atoms with van der Waals surface area (Å²) in [7, 11) is 0. The van der Waals surface area contributed by atoms with Crippen molar-refractivity contribution >= 4 is 39.1 Å². The van der Waals surface area contributed by atoms with Gasteiger partial charge >= 0.3 is 5.97 Å². The minimum Gasteiger partial charge on any atom is -0.459 e. The number of nitrogens with one attached hydrogen (secondary N) is 1. The lowest BCUT2D eigenvalue weighted by Crippen LogP contribution is -2.18. The summed E-state index contributed by atoms with van der Waals surface area (Å²) in [5.74, 6) is 0.657. The predicted octanol–water partition coefficient (Wildman–Crippen LogP) is 6.39. The molecule has 0 unspecified atom stereocenters. The standard InChI is InChI=1S/C29H26N2O5S/c1-16(2)36-29(33)26-19-8-4-6-10-25(19)37-28(26)31-27(32)20-14-22(30-21-9-5-3-7-18(20)21)17-11-12-23-24(13-17)35-15-34-23/h3,5,7,9,11-14,16H,4,6,8,10,15H2,1-2H3,(H,31,32). The Kier molecular flexibility index (Phi) is 6.04. The van der Waals surface area contributed by atoms with Gasteiger partial charge in [0.15, 0.2) is 11.5 Å². The number of amides is 1. The van der Waals surface area contributed by atoms with Crippen LogP contribution in [0.5, 0.6) is 11.5 Å². The fraction of sp³-hybridized carbons (Fsp3) is 0.276. The lowest BCUT2D eigenvalue weighted by molar-refractivity contribution is 0.0378. The summed E-state index contributed by atoms with van der Waals surface area (Å²) in [4.78, 5) is 32.8. The summed E-state index contributed by atoms with van der Waals surface area (Å²) >= 11 is 1.48. The number of benzene rings is 2. The van der Waals surface area contributed by atoms with Crippen LogP contribution in [-0.4, -0.2) is 29.8 Å². The first kappa shape index (κ1) is 23.5. The first-order valence-electron chi connectivity index (χ1n) is 12.4. The molecule has 188 valence electrons. The Bertz CT molecular complexity index is 1540. The number of carbonyl (C=O) groups is 2. The molecule has 6 rings (SSSR count). The lowest BCUT2D eigenvalue weighted by atomic mass is 9.95.